The summed E-state index contributed by atoms with van der Waals surface area (Å²) in [5.41, 5.74) is 0. The minimum absolute atomic E-state index is 0.0326. The molecule has 0 radical (unpaired) electrons. The van der Waals surface area contributed by atoms with Gasteiger partial charge in [0.25, 0.3) is 0 Å². The van der Waals surface area contributed by atoms with E-state index in [0.29, 0.717) is 12.4 Å². The number of aryl methyl sites for hydroxylation is 2. The lowest BCUT2D eigenvalue weighted by Crippen LogP contribution is -2.12. The average Bonchev–Trinajstić information content (AvgIpc) is 2.99. The zero-order chi connectivity index (χ0) is 13.7. The Morgan fingerprint density at radius 1 is 1.58 bits per heavy atom. The number of amides is 1. The molecule has 0 aliphatic carbocycles. The summed E-state index contributed by atoms with van der Waals surface area (Å²) in [5, 5.41) is 9.70. The minimum Gasteiger partial charge on any atom is -0.293 e. The van der Waals surface area contributed by atoms with E-state index in [-0.39, 0.29) is 5.91 Å². The molecule has 5 nitrogen and oxygen atoms in total. The minimum atomic E-state index is -0.0326. The van der Waals surface area contributed by atoms with Crippen LogP contribution in [0.25, 0.3) is 0 Å². The fourth-order valence-electron chi connectivity index (χ4n) is 1.67. The van der Waals surface area contributed by atoms with E-state index in [1.54, 1.807) is 16.0 Å². The summed E-state index contributed by atoms with van der Waals surface area (Å²) in [7, 11) is 1.81. The van der Waals surface area contributed by atoms with Gasteiger partial charge in [0.15, 0.2) is 5.16 Å². The average molecular weight is 296 g/mol. The molecule has 2 heterocycles. The van der Waals surface area contributed by atoms with E-state index in [0.717, 1.165) is 18.0 Å². The van der Waals surface area contributed by atoms with Crippen molar-refractivity contribution in [1.29, 1.82) is 0 Å². The van der Waals surface area contributed by atoms with Gasteiger partial charge in [0.1, 0.15) is 0 Å². The monoisotopic (exact) mass is 296 g/mol. The van der Waals surface area contributed by atoms with Gasteiger partial charge in [0.05, 0.1) is 0 Å². The molecule has 0 aromatic carbocycles. The van der Waals surface area contributed by atoms with Crippen LogP contribution >= 0.6 is 23.1 Å². The van der Waals surface area contributed by atoms with E-state index < -0.39 is 0 Å². The predicted octanol–water partition coefficient (Wildman–Crippen LogP) is 2.56. The van der Waals surface area contributed by atoms with Gasteiger partial charge >= 0.3 is 0 Å². The molecule has 2 aromatic rings. The first-order valence-corrected chi connectivity index (χ1v) is 8.06. The third-order valence-corrected chi connectivity index (χ3v) is 4.22. The van der Waals surface area contributed by atoms with Gasteiger partial charge in [-0.3, -0.25) is 10.1 Å². The molecule has 0 unspecified atom stereocenters. The van der Waals surface area contributed by atoms with Crippen LogP contribution in [0.15, 0.2) is 22.7 Å². The Morgan fingerprint density at radius 2 is 2.42 bits per heavy atom. The van der Waals surface area contributed by atoms with Crippen molar-refractivity contribution in [2.45, 2.75) is 24.4 Å². The number of nitrogens with zero attached hydrogens (tertiary/aromatic N) is 3. The SMILES string of the molecule is CSc1nc(NC(=O)CCCc2cccs2)nn1C. The molecule has 0 aliphatic heterocycles. The van der Waals surface area contributed by atoms with E-state index in [4.69, 9.17) is 0 Å². The molecule has 0 bridgehead atoms. The molecule has 2 aromatic heterocycles. The van der Waals surface area contributed by atoms with Crippen LogP contribution in [0.4, 0.5) is 5.95 Å². The number of rotatable bonds is 6. The Labute approximate surface area is 120 Å². The Kier molecular flexibility index (Phi) is 4.98. The smallest absolute Gasteiger partial charge is 0.249 e. The molecule has 0 saturated heterocycles. The maximum absolute atomic E-state index is 11.7. The van der Waals surface area contributed by atoms with E-state index >= 15 is 0 Å². The van der Waals surface area contributed by atoms with Crippen molar-refractivity contribution in [3.8, 4) is 0 Å². The van der Waals surface area contributed by atoms with Crippen molar-refractivity contribution in [3.05, 3.63) is 22.4 Å². The molecule has 102 valence electrons. The molecule has 1 amide bonds. The van der Waals surface area contributed by atoms with Crippen molar-refractivity contribution < 1.29 is 4.79 Å². The number of anilines is 1. The Bertz CT molecular complexity index is 536. The number of thioether (sulfide) groups is 1. The van der Waals surface area contributed by atoms with Crippen LogP contribution in [-0.4, -0.2) is 26.9 Å². The van der Waals surface area contributed by atoms with E-state index in [9.17, 15) is 4.79 Å². The highest BCUT2D eigenvalue weighted by Crippen LogP contribution is 2.14. The molecule has 2 rings (SSSR count). The van der Waals surface area contributed by atoms with Crippen molar-refractivity contribution >= 4 is 35.0 Å². The van der Waals surface area contributed by atoms with E-state index in [1.165, 1.54) is 16.6 Å². The number of carbonyl (C=O) groups is 1. The molecule has 0 fully saturated rings. The molecule has 0 saturated carbocycles. The molecule has 0 aliphatic rings. The first kappa shape index (κ1) is 14.1. The first-order chi connectivity index (χ1) is 9.19. The van der Waals surface area contributed by atoms with Crippen LogP contribution in [0, 0.1) is 0 Å². The van der Waals surface area contributed by atoms with Crippen LogP contribution in [0.2, 0.25) is 0 Å². The van der Waals surface area contributed by atoms with Crippen LogP contribution in [0.5, 0.6) is 0 Å². The Morgan fingerprint density at radius 3 is 3.05 bits per heavy atom. The van der Waals surface area contributed by atoms with Crippen LogP contribution in [-0.2, 0) is 18.3 Å². The van der Waals surface area contributed by atoms with Gasteiger partial charge in [-0.05, 0) is 30.5 Å². The Balaban J connectivity index is 1.77. The van der Waals surface area contributed by atoms with Crippen molar-refractivity contribution in [3.63, 3.8) is 0 Å². The molecular weight excluding hydrogens is 280 g/mol. The number of hydrogen-bond donors (Lipinski definition) is 1. The lowest BCUT2D eigenvalue weighted by Gasteiger charge is -2.00. The van der Waals surface area contributed by atoms with E-state index in [1.807, 2.05) is 19.4 Å². The lowest BCUT2D eigenvalue weighted by atomic mass is 10.2. The normalized spacial score (nSPS) is 10.6. The summed E-state index contributed by atoms with van der Waals surface area (Å²) >= 11 is 3.22. The van der Waals surface area contributed by atoms with Crippen molar-refractivity contribution in [1.82, 2.24) is 14.8 Å². The van der Waals surface area contributed by atoms with Crippen molar-refractivity contribution in [2.75, 3.05) is 11.6 Å². The highest BCUT2D eigenvalue weighted by atomic mass is 32.2. The zero-order valence-corrected chi connectivity index (χ0v) is 12.6. The first-order valence-electron chi connectivity index (χ1n) is 5.96. The second kappa shape index (κ2) is 6.72. The van der Waals surface area contributed by atoms with Crippen molar-refractivity contribution in [2.24, 2.45) is 7.05 Å². The van der Waals surface area contributed by atoms with Gasteiger partial charge in [-0.1, -0.05) is 17.8 Å². The summed E-state index contributed by atoms with van der Waals surface area (Å²) in [5.74, 6) is 0.350. The zero-order valence-electron chi connectivity index (χ0n) is 10.9. The van der Waals surface area contributed by atoms with Gasteiger partial charge < -0.3 is 0 Å². The van der Waals surface area contributed by atoms with Gasteiger partial charge in [-0.25, -0.2) is 4.68 Å². The van der Waals surface area contributed by atoms with Gasteiger partial charge in [-0.15, -0.1) is 16.4 Å². The third-order valence-electron chi connectivity index (χ3n) is 2.56. The summed E-state index contributed by atoms with van der Waals surface area (Å²) < 4.78 is 1.66. The number of aromatic nitrogens is 3. The van der Waals surface area contributed by atoms with Crippen LogP contribution in [0.3, 0.4) is 0 Å². The summed E-state index contributed by atoms with van der Waals surface area (Å²) in [6, 6.07) is 4.12. The molecule has 19 heavy (non-hydrogen) atoms. The molecule has 0 atom stereocenters. The summed E-state index contributed by atoms with van der Waals surface area (Å²) in [6.07, 6.45) is 4.20. The van der Waals surface area contributed by atoms with Gasteiger partial charge in [0, 0.05) is 18.3 Å². The highest BCUT2D eigenvalue weighted by molar-refractivity contribution is 7.98. The second-order valence-electron chi connectivity index (χ2n) is 4.03. The number of carbonyl (C=O) groups excluding carboxylic acids is 1. The summed E-state index contributed by atoms with van der Waals surface area (Å²) in [4.78, 5) is 17.3. The summed E-state index contributed by atoms with van der Waals surface area (Å²) in [6.45, 7) is 0. The lowest BCUT2D eigenvalue weighted by molar-refractivity contribution is -0.116. The number of hydrogen-bond acceptors (Lipinski definition) is 5. The fourth-order valence-corrected chi connectivity index (χ4v) is 2.90. The van der Waals surface area contributed by atoms with Crippen LogP contribution in [0.1, 0.15) is 17.7 Å². The largest absolute Gasteiger partial charge is 0.293 e. The second-order valence-corrected chi connectivity index (χ2v) is 5.83. The molecule has 1 N–H and O–H groups in total. The highest BCUT2D eigenvalue weighted by Gasteiger charge is 2.09. The van der Waals surface area contributed by atoms with Gasteiger partial charge in [-0.2, -0.15) is 4.98 Å². The molecular formula is C12H16N4OS2. The Hall–Kier alpha value is -1.34. The van der Waals surface area contributed by atoms with E-state index in [2.05, 4.69) is 26.8 Å². The molecule has 7 heteroatoms. The molecule has 0 spiro atoms. The number of nitrogens with one attached hydrogen (secondary N) is 1. The number of thiophene rings is 1. The topological polar surface area (TPSA) is 59.8 Å². The third kappa shape index (κ3) is 4.07. The maximum Gasteiger partial charge on any atom is 0.249 e. The fraction of sp³-hybridized carbons (Fsp3) is 0.417. The maximum atomic E-state index is 11.7. The van der Waals surface area contributed by atoms with Crippen LogP contribution < -0.4 is 5.32 Å². The van der Waals surface area contributed by atoms with Gasteiger partial charge in [0.2, 0.25) is 11.9 Å². The standard InChI is InChI=1S/C12H16N4OS2/c1-16-12(18-2)14-11(15-16)13-10(17)7-3-5-9-6-4-8-19-9/h4,6,8H,3,5,7H2,1-2H3,(H,13,15,17). The predicted molar refractivity (Wildman–Crippen MR) is 78.7 cm³/mol. The quantitative estimate of drug-likeness (QED) is 0.832.